The second-order valence-corrected chi connectivity index (χ2v) is 8.60. The first kappa shape index (κ1) is 24.2. The number of para-hydroxylation sites is 1. The fourth-order valence-corrected chi connectivity index (χ4v) is 4.12. The van der Waals surface area contributed by atoms with Gasteiger partial charge in [-0.05, 0) is 54.1 Å². The Morgan fingerprint density at radius 3 is 2.51 bits per heavy atom. The summed E-state index contributed by atoms with van der Waals surface area (Å²) in [7, 11) is 1.31. The van der Waals surface area contributed by atoms with Gasteiger partial charge in [0.05, 0.1) is 41.2 Å². The largest absolute Gasteiger partial charge is 0.465 e. The van der Waals surface area contributed by atoms with Gasteiger partial charge in [-0.25, -0.2) is 15.2 Å². The van der Waals surface area contributed by atoms with Crippen LogP contribution in [-0.2, 0) is 9.53 Å². The number of thioether (sulfide) groups is 1. The van der Waals surface area contributed by atoms with E-state index in [1.54, 1.807) is 72.8 Å². The normalized spacial score (nSPS) is 11.0. The Balaban J connectivity index is 1.49. The Morgan fingerprint density at radius 1 is 1.09 bits per heavy atom. The average molecular weight is 507 g/mol. The second kappa shape index (κ2) is 11.0. The number of hydrogen-bond acceptors (Lipinski definition) is 7. The lowest BCUT2D eigenvalue weighted by atomic mass is 10.1. The van der Waals surface area contributed by atoms with Crippen molar-refractivity contribution in [1.82, 2.24) is 15.0 Å². The van der Waals surface area contributed by atoms with Crippen molar-refractivity contribution in [2.45, 2.75) is 5.16 Å². The average Bonchev–Trinajstić information content (AvgIpc) is 2.88. The fourth-order valence-electron chi connectivity index (χ4n) is 3.19. The highest BCUT2D eigenvalue weighted by atomic mass is 35.5. The number of amides is 1. The Morgan fingerprint density at radius 2 is 1.80 bits per heavy atom. The fraction of sp³-hybridized carbons (Fsp3) is 0.0800. The van der Waals surface area contributed by atoms with E-state index in [1.165, 1.54) is 17.9 Å². The third-order valence-electron chi connectivity index (χ3n) is 4.90. The lowest BCUT2D eigenvalue weighted by molar-refractivity contribution is -0.118. The zero-order valence-corrected chi connectivity index (χ0v) is 20.0. The summed E-state index contributed by atoms with van der Waals surface area (Å²) in [5.41, 5.74) is 4.45. The molecule has 8 nitrogen and oxygen atoms in total. The minimum absolute atomic E-state index is 0.0169. The van der Waals surface area contributed by atoms with Crippen LogP contribution in [-0.4, -0.2) is 40.5 Å². The molecule has 1 aromatic heterocycles. The topological polar surface area (TPSA) is 103 Å². The number of rotatable bonds is 7. The van der Waals surface area contributed by atoms with Gasteiger partial charge in [0.2, 0.25) is 0 Å². The zero-order chi connectivity index (χ0) is 24.8. The number of carbonyl (C=O) groups excluding carboxylic acids is 2. The molecule has 0 aliphatic heterocycles. The van der Waals surface area contributed by atoms with Crippen LogP contribution in [0.5, 0.6) is 0 Å². The third-order valence-corrected chi connectivity index (χ3v) is 6.09. The van der Waals surface area contributed by atoms with Crippen LogP contribution < -0.4 is 11.0 Å². The molecule has 3 aromatic carbocycles. The molecule has 0 radical (unpaired) electrons. The summed E-state index contributed by atoms with van der Waals surface area (Å²) in [6, 6.07) is 20.4. The van der Waals surface area contributed by atoms with Crippen molar-refractivity contribution in [3.63, 3.8) is 0 Å². The van der Waals surface area contributed by atoms with E-state index < -0.39 is 5.97 Å². The smallest absolute Gasteiger partial charge is 0.337 e. The number of benzene rings is 3. The number of hydrogen-bond donors (Lipinski definition) is 1. The number of nitrogens with one attached hydrogen (secondary N) is 1. The monoisotopic (exact) mass is 506 g/mol. The molecule has 0 aliphatic carbocycles. The SMILES string of the molecule is COC(=O)c1ccc(/C=N\NC(=O)CSc2nc3ccccc3c(=O)n2-c2ccc(Cl)cc2)cc1. The molecule has 0 saturated carbocycles. The van der Waals surface area contributed by atoms with E-state index in [2.05, 4.69) is 20.2 Å². The summed E-state index contributed by atoms with van der Waals surface area (Å²) in [6.45, 7) is 0. The highest BCUT2D eigenvalue weighted by Gasteiger charge is 2.14. The summed E-state index contributed by atoms with van der Waals surface area (Å²) in [6.07, 6.45) is 1.46. The molecule has 1 heterocycles. The number of halogens is 1. The summed E-state index contributed by atoms with van der Waals surface area (Å²) >= 11 is 7.12. The summed E-state index contributed by atoms with van der Waals surface area (Å²) in [4.78, 5) is 41.7. The first-order chi connectivity index (χ1) is 17.0. The van der Waals surface area contributed by atoms with Gasteiger partial charge in [0.15, 0.2) is 5.16 Å². The van der Waals surface area contributed by atoms with Crippen LogP contribution in [0.3, 0.4) is 0 Å². The molecule has 10 heteroatoms. The highest BCUT2D eigenvalue weighted by Crippen LogP contribution is 2.22. The summed E-state index contributed by atoms with van der Waals surface area (Å²) in [5.74, 6) is -0.822. The van der Waals surface area contributed by atoms with Gasteiger partial charge >= 0.3 is 5.97 Å². The molecule has 0 unspecified atom stereocenters. The molecule has 4 aromatic rings. The molecule has 0 aliphatic rings. The van der Waals surface area contributed by atoms with Crippen molar-refractivity contribution in [1.29, 1.82) is 0 Å². The van der Waals surface area contributed by atoms with Crippen molar-refractivity contribution >= 4 is 52.4 Å². The minimum Gasteiger partial charge on any atom is -0.465 e. The molecule has 1 amide bonds. The standard InChI is InChI=1S/C25H19ClN4O4S/c1-34-24(33)17-8-6-16(7-9-17)14-27-29-22(31)15-35-25-28-21-5-3-2-4-20(21)23(32)30(25)19-12-10-18(26)11-13-19/h2-14H,15H2,1H3,(H,29,31)/b27-14-. The summed E-state index contributed by atoms with van der Waals surface area (Å²) < 4.78 is 6.12. The predicted molar refractivity (Wildman–Crippen MR) is 137 cm³/mol. The van der Waals surface area contributed by atoms with Gasteiger partial charge in [-0.1, -0.05) is 47.6 Å². The van der Waals surface area contributed by atoms with Gasteiger partial charge in [-0.2, -0.15) is 5.10 Å². The maximum absolute atomic E-state index is 13.2. The van der Waals surface area contributed by atoms with Gasteiger partial charge in [-0.15, -0.1) is 0 Å². The zero-order valence-electron chi connectivity index (χ0n) is 18.5. The number of esters is 1. The van der Waals surface area contributed by atoms with Gasteiger partial charge in [0.1, 0.15) is 0 Å². The minimum atomic E-state index is -0.432. The molecule has 4 rings (SSSR count). The van der Waals surface area contributed by atoms with E-state index in [9.17, 15) is 14.4 Å². The van der Waals surface area contributed by atoms with Crippen LogP contribution in [0.25, 0.3) is 16.6 Å². The van der Waals surface area contributed by atoms with Crippen molar-refractivity contribution < 1.29 is 14.3 Å². The van der Waals surface area contributed by atoms with Gasteiger partial charge in [0.25, 0.3) is 11.5 Å². The van der Waals surface area contributed by atoms with E-state index in [1.807, 2.05) is 0 Å². The molecular formula is C25H19ClN4O4S. The maximum Gasteiger partial charge on any atom is 0.337 e. The van der Waals surface area contributed by atoms with Crippen LogP contribution in [0.4, 0.5) is 0 Å². The quantitative estimate of drug-likeness (QED) is 0.133. The van der Waals surface area contributed by atoms with E-state index >= 15 is 0 Å². The van der Waals surface area contributed by atoms with E-state index in [0.717, 1.165) is 11.8 Å². The number of hydrazone groups is 1. The molecule has 0 bridgehead atoms. The van der Waals surface area contributed by atoms with Gasteiger partial charge in [0, 0.05) is 5.02 Å². The van der Waals surface area contributed by atoms with Crippen LogP contribution in [0.2, 0.25) is 5.02 Å². The van der Waals surface area contributed by atoms with Crippen molar-refractivity contribution in [3.05, 3.63) is 99.3 Å². The highest BCUT2D eigenvalue weighted by molar-refractivity contribution is 7.99. The Hall–Kier alpha value is -3.95. The molecule has 0 spiro atoms. The van der Waals surface area contributed by atoms with Crippen LogP contribution in [0, 0.1) is 0 Å². The molecule has 0 saturated heterocycles. The first-order valence-electron chi connectivity index (χ1n) is 10.4. The van der Waals surface area contributed by atoms with Gasteiger partial charge in [-0.3, -0.25) is 14.2 Å². The lowest BCUT2D eigenvalue weighted by Crippen LogP contribution is -2.24. The van der Waals surface area contributed by atoms with E-state index in [0.29, 0.717) is 37.9 Å². The van der Waals surface area contributed by atoms with Gasteiger partial charge < -0.3 is 4.74 Å². The molecule has 1 N–H and O–H groups in total. The molecule has 176 valence electrons. The van der Waals surface area contributed by atoms with E-state index in [4.69, 9.17) is 11.6 Å². The van der Waals surface area contributed by atoms with Crippen molar-refractivity contribution in [2.24, 2.45) is 5.10 Å². The molecule has 0 atom stereocenters. The number of nitrogens with zero attached hydrogens (tertiary/aromatic N) is 3. The number of aromatic nitrogens is 2. The molecular weight excluding hydrogens is 488 g/mol. The summed E-state index contributed by atoms with van der Waals surface area (Å²) in [5, 5.41) is 5.33. The predicted octanol–water partition coefficient (Wildman–Crippen LogP) is 4.07. The first-order valence-corrected chi connectivity index (χ1v) is 11.7. The van der Waals surface area contributed by atoms with E-state index in [-0.39, 0.29) is 17.2 Å². The third kappa shape index (κ3) is 5.76. The number of fused-ring (bicyclic) bond motifs is 1. The number of carbonyl (C=O) groups is 2. The Bertz CT molecular complexity index is 1470. The Kier molecular flexibility index (Phi) is 7.59. The second-order valence-electron chi connectivity index (χ2n) is 7.22. The maximum atomic E-state index is 13.2. The van der Waals surface area contributed by atoms with Crippen LogP contribution >= 0.6 is 23.4 Å². The van der Waals surface area contributed by atoms with Crippen LogP contribution in [0.15, 0.2) is 87.8 Å². The Labute approximate surface area is 209 Å². The van der Waals surface area contributed by atoms with Crippen molar-refractivity contribution in [2.75, 3.05) is 12.9 Å². The van der Waals surface area contributed by atoms with Crippen LogP contribution in [0.1, 0.15) is 15.9 Å². The molecule has 0 fully saturated rings. The number of ether oxygens (including phenoxy) is 1. The van der Waals surface area contributed by atoms with Crippen molar-refractivity contribution in [3.8, 4) is 5.69 Å². The number of methoxy groups -OCH3 is 1. The lowest BCUT2D eigenvalue weighted by Gasteiger charge is -2.13. The molecule has 35 heavy (non-hydrogen) atoms.